The average molecular weight is 174 g/mol. The standard InChI is InChI=1S/C10H10N2O/c11-7-3-4-9-8(5-7)10(13-12-9)6-1-2-6/h3-6H,1-2,11H2. The largest absolute Gasteiger partial charge is 0.399 e. The topological polar surface area (TPSA) is 52.0 Å². The van der Waals surface area contributed by atoms with Gasteiger partial charge in [-0.2, -0.15) is 0 Å². The van der Waals surface area contributed by atoms with Crippen molar-refractivity contribution in [3.63, 3.8) is 0 Å². The number of nitrogens with zero attached hydrogens (tertiary/aromatic N) is 1. The Morgan fingerprint density at radius 1 is 1.38 bits per heavy atom. The third-order valence-electron chi connectivity index (χ3n) is 2.48. The Morgan fingerprint density at radius 3 is 3.00 bits per heavy atom. The van der Waals surface area contributed by atoms with Crippen LogP contribution in [0.4, 0.5) is 5.69 Å². The Bertz CT molecular complexity index is 457. The summed E-state index contributed by atoms with van der Waals surface area (Å²) in [7, 11) is 0. The van der Waals surface area contributed by atoms with Crippen molar-refractivity contribution >= 4 is 16.6 Å². The van der Waals surface area contributed by atoms with Crippen LogP contribution in [0, 0.1) is 0 Å². The summed E-state index contributed by atoms with van der Waals surface area (Å²) in [6, 6.07) is 5.70. The first kappa shape index (κ1) is 6.95. The van der Waals surface area contributed by atoms with Gasteiger partial charge in [0.25, 0.3) is 0 Å². The zero-order valence-corrected chi connectivity index (χ0v) is 7.16. The summed E-state index contributed by atoms with van der Waals surface area (Å²) in [6.07, 6.45) is 2.44. The minimum Gasteiger partial charge on any atom is -0.399 e. The van der Waals surface area contributed by atoms with Crippen LogP contribution in [0.15, 0.2) is 22.7 Å². The first-order valence-electron chi connectivity index (χ1n) is 4.49. The third kappa shape index (κ3) is 1.00. The van der Waals surface area contributed by atoms with Crippen LogP contribution >= 0.6 is 0 Å². The fraction of sp³-hybridized carbons (Fsp3) is 0.300. The van der Waals surface area contributed by atoms with Crippen molar-refractivity contribution in [3.05, 3.63) is 24.0 Å². The molecule has 1 fully saturated rings. The monoisotopic (exact) mass is 174 g/mol. The molecule has 1 aliphatic rings. The van der Waals surface area contributed by atoms with E-state index in [-0.39, 0.29) is 0 Å². The molecule has 0 atom stereocenters. The summed E-state index contributed by atoms with van der Waals surface area (Å²) in [5.41, 5.74) is 7.39. The first-order valence-corrected chi connectivity index (χ1v) is 4.49. The van der Waals surface area contributed by atoms with E-state index in [0.29, 0.717) is 5.92 Å². The molecule has 3 heteroatoms. The van der Waals surface area contributed by atoms with Crippen LogP contribution in [-0.4, -0.2) is 5.16 Å². The number of nitrogens with two attached hydrogens (primary N) is 1. The maximum atomic E-state index is 5.70. The molecule has 66 valence electrons. The van der Waals surface area contributed by atoms with Gasteiger partial charge in [-0.15, -0.1) is 0 Å². The van der Waals surface area contributed by atoms with Gasteiger partial charge >= 0.3 is 0 Å². The van der Waals surface area contributed by atoms with Gasteiger partial charge in [0.15, 0.2) is 0 Å². The molecule has 2 N–H and O–H groups in total. The molecule has 1 aromatic carbocycles. The number of rotatable bonds is 1. The predicted octanol–water partition coefficient (Wildman–Crippen LogP) is 2.29. The lowest BCUT2D eigenvalue weighted by atomic mass is 10.1. The van der Waals surface area contributed by atoms with Crippen molar-refractivity contribution in [1.82, 2.24) is 5.16 Å². The van der Waals surface area contributed by atoms with E-state index in [9.17, 15) is 0 Å². The van der Waals surface area contributed by atoms with Crippen LogP contribution in [0.2, 0.25) is 0 Å². The van der Waals surface area contributed by atoms with Gasteiger partial charge in [-0.25, -0.2) is 0 Å². The molecule has 3 nitrogen and oxygen atoms in total. The number of aromatic nitrogens is 1. The molecule has 13 heavy (non-hydrogen) atoms. The summed E-state index contributed by atoms with van der Waals surface area (Å²) in [5, 5.41) is 5.08. The van der Waals surface area contributed by atoms with Crippen LogP contribution in [0.5, 0.6) is 0 Å². The molecule has 2 aromatic rings. The zero-order valence-electron chi connectivity index (χ0n) is 7.16. The molecular weight excluding hydrogens is 164 g/mol. The zero-order chi connectivity index (χ0) is 8.84. The Morgan fingerprint density at radius 2 is 2.23 bits per heavy atom. The van der Waals surface area contributed by atoms with Crippen molar-refractivity contribution in [3.8, 4) is 0 Å². The summed E-state index contributed by atoms with van der Waals surface area (Å²) >= 11 is 0. The molecular formula is C10H10N2O. The van der Waals surface area contributed by atoms with Gasteiger partial charge in [0.2, 0.25) is 0 Å². The lowest BCUT2D eigenvalue weighted by Gasteiger charge is -1.92. The maximum Gasteiger partial charge on any atom is 0.147 e. The van der Waals surface area contributed by atoms with Crippen LogP contribution in [0.25, 0.3) is 10.9 Å². The Hall–Kier alpha value is -1.51. The second-order valence-electron chi connectivity index (χ2n) is 3.60. The fourth-order valence-electron chi connectivity index (χ4n) is 1.62. The Labute approximate surface area is 75.5 Å². The maximum absolute atomic E-state index is 5.70. The van der Waals surface area contributed by atoms with Gasteiger partial charge in [-0.1, -0.05) is 5.16 Å². The highest BCUT2D eigenvalue weighted by Crippen LogP contribution is 2.43. The smallest absolute Gasteiger partial charge is 0.147 e. The van der Waals surface area contributed by atoms with Crippen molar-refractivity contribution in [2.45, 2.75) is 18.8 Å². The number of nitrogen functional groups attached to an aromatic ring is 1. The number of hydrogen-bond donors (Lipinski definition) is 1. The summed E-state index contributed by atoms with van der Waals surface area (Å²) in [6.45, 7) is 0. The van der Waals surface area contributed by atoms with Crippen molar-refractivity contribution in [2.75, 3.05) is 5.73 Å². The normalized spacial score (nSPS) is 16.6. The van der Waals surface area contributed by atoms with E-state index in [0.717, 1.165) is 22.4 Å². The Kier molecular flexibility index (Phi) is 1.20. The molecule has 0 unspecified atom stereocenters. The molecule has 0 radical (unpaired) electrons. The lowest BCUT2D eigenvalue weighted by Crippen LogP contribution is -1.83. The minimum absolute atomic E-state index is 0.590. The summed E-state index contributed by atoms with van der Waals surface area (Å²) in [5.74, 6) is 1.61. The number of benzene rings is 1. The molecule has 0 spiro atoms. The third-order valence-corrected chi connectivity index (χ3v) is 2.48. The van der Waals surface area contributed by atoms with E-state index in [4.69, 9.17) is 10.3 Å². The number of anilines is 1. The van der Waals surface area contributed by atoms with E-state index in [2.05, 4.69) is 5.16 Å². The molecule has 0 saturated heterocycles. The van der Waals surface area contributed by atoms with Gasteiger partial charge in [0, 0.05) is 17.0 Å². The molecule has 0 amide bonds. The van der Waals surface area contributed by atoms with Crippen LogP contribution in [0.3, 0.4) is 0 Å². The minimum atomic E-state index is 0.590. The van der Waals surface area contributed by atoms with Gasteiger partial charge in [0.05, 0.1) is 0 Å². The number of hydrogen-bond acceptors (Lipinski definition) is 3. The van der Waals surface area contributed by atoms with Gasteiger partial charge in [-0.3, -0.25) is 0 Å². The fourth-order valence-corrected chi connectivity index (χ4v) is 1.62. The SMILES string of the molecule is Nc1ccc2noc(C3CC3)c2c1. The van der Waals surface area contributed by atoms with Crippen molar-refractivity contribution in [1.29, 1.82) is 0 Å². The Balaban J connectivity index is 2.29. The second-order valence-corrected chi connectivity index (χ2v) is 3.60. The van der Waals surface area contributed by atoms with Crippen LogP contribution < -0.4 is 5.73 Å². The van der Waals surface area contributed by atoms with E-state index in [1.54, 1.807) is 0 Å². The molecule has 1 saturated carbocycles. The van der Waals surface area contributed by atoms with Crippen LogP contribution in [0.1, 0.15) is 24.5 Å². The van der Waals surface area contributed by atoms with Crippen molar-refractivity contribution in [2.24, 2.45) is 0 Å². The van der Waals surface area contributed by atoms with Gasteiger partial charge in [-0.05, 0) is 31.0 Å². The first-order chi connectivity index (χ1) is 6.34. The van der Waals surface area contributed by atoms with E-state index in [1.165, 1.54) is 12.8 Å². The lowest BCUT2D eigenvalue weighted by molar-refractivity contribution is 0.392. The van der Waals surface area contributed by atoms with E-state index < -0.39 is 0 Å². The quantitative estimate of drug-likeness (QED) is 0.675. The molecule has 0 aliphatic heterocycles. The molecule has 3 rings (SSSR count). The van der Waals surface area contributed by atoms with E-state index in [1.807, 2.05) is 18.2 Å². The van der Waals surface area contributed by atoms with E-state index >= 15 is 0 Å². The number of fused-ring (bicyclic) bond motifs is 1. The van der Waals surface area contributed by atoms with Crippen molar-refractivity contribution < 1.29 is 4.52 Å². The highest BCUT2D eigenvalue weighted by Gasteiger charge is 2.29. The van der Waals surface area contributed by atoms with Crippen LogP contribution in [-0.2, 0) is 0 Å². The average Bonchev–Trinajstić information content (AvgIpc) is 2.87. The highest BCUT2D eigenvalue weighted by molar-refractivity contribution is 5.84. The molecule has 1 aromatic heterocycles. The molecule has 1 heterocycles. The molecule has 0 bridgehead atoms. The van der Waals surface area contributed by atoms with Gasteiger partial charge in [0.1, 0.15) is 11.3 Å². The highest BCUT2D eigenvalue weighted by atomic mass is 16.5. The second kappa shape index (κ2) is 2.25. The summed E-state index contributed by atoms with van der Waals surface area (Å²) < 4.78 is 5.29. The van der Waals surface area contributed by atoms with Gasteiger partial charge < -0.3 is 10.3 Å². The summed E-state index contributed by atoms with van der Waals surface area (Å²) in [4.78, 5) is 0. The molecule has 1 aliphatic carbocycles. The predicted molar refractivity (Wildman–Crippen MR) is 50.4 cm³/mol.